The summed E-state index contributed by atoms with van der Waals surface area (Å²) in [7, 11) is 0. The molecule has 0 aliphatic heterocycles. The molecule has 0 unspecified atom stereocenters. The minimum Gasteiger partial charge on any atom is -0.456 e. The van der Waals surface area contributed by atoms with Crippen LogP contribution < -0.4 is 15.6 Å². The first-order valence-electron chi connectivity index (χ1n) is 8.62. The Balaban J connectivity index is 1.92. The zero-order chi connectivity index (χ0) is 21.0. The Morgan fingerprint density at radius 2 is 1.93 bits per heavy atom. The van der Waals surface area contributed by atoms with E-state index in [1.165, 1.54) is 59.3 Å². The Kier molecular flexibility index (Phi) is 6.29. The van der Waals surface area contributed by atoms with Gasteiger partial charge in [0.1, 0.15) is 30.0 Å². The fraction of sp³-hybridized carbons (Fsp3) is 0.143. The number of nitrogens with one attached hydrogen (secondary N) is 1. The topological polar surface area (TPSA) is 60.3 Å². The van der Waals surface area contributed by atoms with Gasteiger partial charge < -0.3 is 14.6 Å². The molecule has 0 radical (unpaired) electrons. The molecule has 0 bridgehead atoms. The van der Waals surface area contributed by atoms with Crippen molar-refractivity contribution in [1.29, 1.82) is 0 Å². The molecule has 0 saturated heterocycles. The van der Waals surface area contributed by atoms with E-state index in [2.05, 4.69) is 5.32 Å². The van der Waals surface area contributed by atoms with Gasteiger partial charge in [-0.05, 0) is 54.4 Å². The van der Waals surface area contributed by atoms with Crippen LogP contribution in [0, 0.1) is 12.7 Å². The first-order chi connectivity index (χ1) is 13.9. The summed E-state index contributed by atoms with van der Waals surface area (Å²) in [4.78, 5) is 24.6. The van der Waals surface area contributed by atoms with Crippen LogP contribution in [0.2, 0.25) is 0 Å². The summed E-state index contributed by atoms with van der Waals surface area (Å²) in [5, 5.41) is 2.61. The molecular formula is C21H17ClF2N2O3. The van der Waals surface area contributed by atoms with E-state index in [0.717, 1.165) is 0 Å². The molecule has 0 aliphatic rings. The van der Waals surface area contributed by atoms with Gasteiger partial charge in [0.2, 0.25) is 0 Å². The zero-order valence-electron chi connectivity index (χ0n) is 15.4. The molecule has 0 spiro atoms. The molecule has 2 aromatic carbocycles. The van der Waals surface area contributed by atoms with Crippen LogP contribution >= 0.6 is 11.6 Å². The third-order valence-electron chi connectivity index (χ3n) is 4.18. The number of amides is 1. The van der Waals surface area contributed by atoms with Gasteiger partial charge in [-0.3, -0.25) is 9.59 Å². The number of hydrogen-bond acceptors (Lipinski definition) is 3. The number of alkyl halides is 2. The van der Waals surface area contributed by atoms with E-state index >= 15 is 0 Å². The Bertz CT molecular complexity index is 1120. The van der Waals surface area contributed by atoms with E-state index < -0.39 is 18.4 Å². The summed E-state index contributed by atoms with van der Waals surface area (Å²) in [6.45, 7) is 0.917. The second-order valence-electron chi connectivity index (χ2n) is 6.27. The second-order valence-corrected chi connectivity index (χ2v) is 6.51. The highest BCUT2D eigenvalue weighted by atomic mass is 35.5. The molecular weight excluding hydrogens is 402 g/mol. The van der Waals surface area contributed by atoms with E-state index in [9.17, 15) is 18.4 Å². The summed E-state index contributed by atoms with van der Waals surface area (Å²) in [6.07, 6.45) is 1.45. The molecule has 29 heavy (non-hydrogen) atoms. The van der Waals surface area contributed by atoms with Crippen LogP contribution in [0.15, 0.2) is 59.5 Å². The molecule has 1 heterocycles. The van der Waals surface area contributed by atoms with Gasteiger partial charge in [0, 0.05) is 18.0 Å². The maximum absolute atomic E-state index is 13.3. The third kappa shape index (κ3) is 4.81. The minimum atomic E-state index is -0.739. The van der Waals surface area contributed by atoms with Crippen LogP contribution in [0.5, 0.6) is 11.5 Å². The number of hydrogen-bond donors (Lipinski definition) is 1. The lowest BCUT2D eigenvalue weighted by molar-refractivity contribution is 0.102. The number of anilines is 1. The van der Waals surface area contributed by atoms with E-state index in [0.29, 0.717) is 16.9 Å². The van der Waals surface area contributed by atoms with Crippen molar-refractivity contribution >= 4 is 23.2 Å². The van der Waals surface area contributed by atoms with Gasteiger partial charge in [0.05, 0.1) is 5.56 Å². The van der Waals surface area contributed by atoms with Gasteiger partial charge >= 0.3 is 0 Å². The fourth-order valence-corrected chi connectivity index (χ4v) is 2.85. The molecule has 1 aromatic heterocycles. The van der Waals surface area contributed by atoms with Crippen molar-refractivity contribution in [2.24, 2.45) is 0 Å². The predicted molar refractivity (Wildman–Crippen MR) is 107 cm³/mol. The molecule has 1 amide bonds. The first kappa shape index (κ1) is 20.5. The average Bonchev–Trinajstić information content (AvgIpc) is 2.70. The molecule has 5 nitrogen and oxygen atoms in total. The lowest BCUT2D eigenvalue weighted by atomic mass is 10.1. The third-order valence-corrected chi connectivity index (χ3v) is 4.44. The summed E-state index contributed by atoms with van der Waals surface area (Å²) in [5.41, 5.74) is 0.879. The molecule has 0 fully saturated rings. The number of nitrogens with zero attached hydrogens (tertiary/aromatic N) is 1. The summed E-state index contributed by atoms with van der Waals surface area (Å²) < 4.78 is 33.5. The first-order valence-corrected chi connectivity index (χ1v) is 9.15. The van der Waals surface area contributed by atoms with E-state index in [-0.39, 0.29) is 28.6 Å². The Hall–Kier alpha value is -3.19. The standard InChI is InChI=1S/C21H17ClF2N2O3/c1-13-8-15(24)3-5-18(13)29-19-9-14(11-23)2-4-17(19)21(28)25-16-6-7-26(12-22)20(27)10-16/h2-10H,11-12H2,1H3,(H,25,28). The monoisotopic (exact) mass is 418 g/mol. The van der Waals surface area contributed by atoms with Crippen LogP contribution in [0.3, 0.4) is 0 Å². The lowest BCUT2D eigenvalue weighted by Crippen LogP contribution is -2.19. The van der Waals surface area contributed by atoms with Gasteiger partial charge in [-0.1, -0.05) is 6.07 Å². The Morgan fingerprint density at radius 3 is 2.59 bits per heavy atom. The predicted octanol–water partition coefficient (Wildman–Crippen LogP) is 5.01. The smallest absolute Gasteiger partial charge is 0.259 e. The Labute approximate surface area is 170 Å². The zero-order valence-corrected chi connectivity index (χ0v) is 16.2. The molecule has 8 heteroatoms. The number of rotatable bonds is 6. The van der Waals surface area contributed by atoms with E-state index in [1.807, 2.05) is 0 Å². The number of ether oxygens (including phenoxy) is 1. The van der Waals surface area contributed by atoms with Crippen LogP contribution in [-0.4, -0.2) is 10.5 Å². The second kappa shape index (κ2) is 8.87. The van der Waals surface area contributed by atoms with Crippen molar-refractivity contribution in [3.05, 3.63) is 87.6 Å². The van der Waals surface area contributed by atoms with Crippen molar-refractivity contribution in [2.45, 2.75) is 19.6 Å². The SMILES string of the molecule is Cc1cc(F)ccc1Oc1cc(CF)ccc1C(=O)Nc1ccn(CCl)c(=O)c1. The summed E-state index contributed by atoms with van der Waals surface area (Å²) in [6, 6.07) is 11.0. The largest absolute Gasteiger partial charge is 0.456 e. The normalized spacial score (nSPS) is 10.6. The van der Waals surface area contributed by atoms with Crippen LogP contribution in [0.1, 0.15) is 21.5 Å². The number of carbonyl (C=O) groups excluding carboxylic acids is 1. The minimum absolute atomic E-state index is 0.00718. The fourth-order valence-electron chi connectivity index (χ4n) is 2.65. The van der Waals surface area contributed by atoms with Crippen molar-refractivity contribution < 1.29 is 18.3 Å². The van der Waals surface area contributed by atoms with E-state index in [4.69, 9.17) is 16.3 Å². The van der Waals surface area contributed by atoms with Gasteiger partial charge in [0.15, 0.2) is 0 Å². The highest BCUT2D eigenvalue weighted by molar-refractivity contribution is 6.15. The number of aryl methyl sites for hydroxylation is 1. The molecule has 0 aliphatic carbocycles. The number of carbonyl (C=O) groups is 1. The molecule has 3 rings (SSSR count). The van der Waals surface area contributed by atoms with Crippen LogP contribution in [-0.2, 0) is 12.7 Å². The molecule has 3 aromatic rings. The average molecular weight is 419 g/mol. The van der Waals surface area contributed by atoms with Crippen LogP contribution in [0.4, 0.5) is 14.5 Å². The number of aromatic nitrogens is 1. The van der Waals surface area contributed by atoms with Gasteiger partial charge in [-0.15, -0.1) is 11.6 Å². The van der Waals surface area contributed by atoms with Crippen molar-refractivity contribution in [2.75, 3.05) is 5.32 Å². The van der Waals surface area contributed by atoms with Crippen LogP contribution in [0.25, 0.3) is 0 Å². The van der Waals surface area contributed by atoms with Crippen molar-refractivity contribution in [1.82, 2.24) is 4.57 Å². The summed E-state index contributed by atoms with van der Waals surface area (Å²) in [5.74, 6) is -0.521. The number of pyridine rings is 1. The maximum Gasteiger partial charge on any atom is 0.259 e. The Morgan fingerprint density at radius 1 is 1.14 bits per heavy atom. The molecule has 0 saturated carbocycles. The van der Waals surface area contributed by atoms with Gasteiger partial charge in [0.25, 0.3) is 11.5 Å². The van der Waals surface area contributed by atoms with Gasteiger partial charge in [-0.2, -0.15) is 0 Å². The van der Waals surface area contributed by atoms with Crippen molar-refractivity contribution in [3.8, 4) is 11.5 Å². The highest BCUT2D eigenvalue weighted by Gasteiger charge is 2.16. The quantitative estimate of drug-likeness (QED) is 0.573. The number of halogens is 3. The highest BCUT2D eigenvalue weighted by Crippen LogP contribution is 2.30. The van der Waals surface area contributed by atoms with Gasteiger partial charge in [-0.25, -0.2) is 8.78 Å². The summed E-state index contributed by atoms with van der Waals surface area (Å²) >= 11 is 5.64. The molecule has 150 valence electrons. The van der Waals surface area contributed by atoms with E-state index in [1.54, 1.807) is 6.92 Å². The molecule has 0 atom stereocenters. The molecule has 1 N–H and O–H groups in total. The maximum atomic E-state index is 13.3. The van der Waals surface area contributed by atoms with Crippen molar-refractivity contribution in [3.63, 3.8) is 0 Å². The number of benzene rings is 2. The lowest BCUT2D eigenvalue weighted by Gasteiger charge is -2.14.